The summed E-state index contributed by atoms with van der Waals surface area (Å²) in [5.41, 5.74) is 0.470. The van der Waals surface area contributed by atoms with E-state index < -0.39 is 0 Å². The molecule has 1 aromatic heterocycles. The van der Waals surface area contributed by atoms with Crippen molar-refractivity contribution in [3.05, 3.63) is 29.0 Å². The Hall–Kier alpha value is -1.13. The van der Waals surface area contributed by atoms with Gasteiger partial charge in [0.2, 0.25) is 0 Å². The maximum absolute atomic E-state index is 11.8. The fraction of sp³-hybridized carbons (Fsp3) is 0.455. The molecule has 0 atom stereocenters. The molecule has 0 saturated heterocycles. The largest absolute Gasteiger partial charge is 0.381 e. The van der Waals surface area contributed by atoms with Crippen LogP contribution in [0.2, 0.25) is 5.02 Å². The summed E-state index contributed by atoms with van der Waals surface area (Å²) >= 11 is 5.87. The number of hydrogen-bond donors (Lipinski definition) is 1. The summed E-state index contributed by atoms with van der Waals surface area (Å²) in [5, 5.41) is 3.28. The van der Waals surface area contributed by atoms with Crippen LogP contribution in [0.3, 0.4) is 0 Å². The van der Waals surface area contributed by atoms with E-state index in [1.165, 1.54) is 6.20 Å². The molecule has 4 nitrogen and oxygen atoms in total. The van der Waals surface area contributed by atoms with Gasteiger partial charge in [-0.2, -0.15) is 0 Å². The SMILES string of the molecule is COC1CC(NC(=O)c2ccncc2Cl)C1. The minimum Gasteiger partial charge on any atom is -0.381 e. The van der Waals surface area contributed by atoms with Crippen LogP contribution in [-0.2, 0) is 4.74 Å². The van der Waals surface area contributed by atoms with E-state index in [1.54, 1.807) is 19.4 Å². The molecule has 1 aliphatic rings. The molecule has 16 heavy (non-hydrogen) atoms. The van der Waals surface area contributed by atoms with Gasteiger partial charge in [-0.3, -0.25) is 9.78 Å². The topological polar surface area (TPSA) is 51.2 Å². The fourth-order valence-electron chi connectivity index (χ4n) is 1.70. The predicted octanol–water partition coefficient (Wildman–Crippen LogP) is 1.64. The zero-order valence-corrected chi connectivity index (χ0v) is 9.70. The zero-order valence-electron chi connectivity index (χ0n) is 8.94. The van der Waals surface area contributed by atoms with Gasteiger partial charge in [0.25, 0.3) is 5.91 Å². The first-order valence-electron chi connectivity index (χ1n) is 5.14. The van der Waals surface area contributed by atoms with E-state index >= 15 is 0 Å². The van der Waals surface area contributed by atoms with Crippen LogP contribution in [-0.4, -0.2) is 30.1 Å². The second-order valence-corrected chi connectivity index (χ2v) is 4.26. The van der Waals surface area contributed by atoms with Crippen molar-refractivity contribution in [3.63, 3.8) is 0 Å². The van der Waals surface area contributed by atoms with E-state index in [0.29, 0.717) is 10.6 Å². The normalized spacial score (nSPS) is 23.6. The van der Waals surface area contributed by atoms with Crippen molar-refractivity contribution >= 4 is 17.5 Å². The zero-order chi connectivity index (χ0) is 11.5. The lowest BCUT2D eigenvalue weighted by molar-refractivity contribution is 0.0176. The van der Waals surface area contributed by atoms with Gasteiger partial charge in [-0.15, -0.1) is 0 Å². The van der Waals surface area contributed by atoms with Crippen LogP contribution in [0.1, 0.15) is 23.2 Å². The Morgan fingerprint density at radius 3 is 3.00 bits per heavy atom. The number of halogens is 1. The lowest BCUT2D eigenvalue weighted by Gasteiger charge is -2.34. The monoisotopic (exact) mass is 240 g/mol. The summed E-state index contributed by atoms with van der Waals surface area (Å²) in [6.07, 6.45) is 5.03. The van der Waals surface area contributed by atoms with Crippen molar-refractivity contribution in [3.8, 4) is 0 Å². The van der Waals surface area contributed by atoms with Gasteiger partial charge in [-0.05, 0) is 18.9 Å². The Morgan fingerprint density at radius 1 is 1.62 bits per heavy atom. The first-order chi connectivity index (χ1) is 7.70. The number of ether oxygens (including phenoxy) is 1. The van der Waals surface area contributed by atoms with Crippen molar-refractivity contribution in [2.75, 3.05) is 7.11 Å². The second kappa shape index (κ2) is 4.80. The Balaban J connectivity index is 1.92. The van der Waals surface area contributed by atoms with Crippen molar-refractivity contribution in [2.45, 2.75) is 25.0 Å². The van der Waals surface area contributed by atoms with Gasteiger partial charge in [0.15, 0.2) is 0 Å². The van der Waals surface area contributed by atoms with Crippen LogP contribution in [0, 0.1) is 0 Å². The van der Waals surface area contributed by atoms with E-state index in [0.717, 1.165) is 12.8 Å². The number of methoxy groups -OCH3 is 1. The van der Waals surface area contributed by atoms with Crippen molar-refractivity contribution in [1.82, 2.24) is 10.3 Å². The molecule has 1 saturated carbocycles. The molecule has 0 aromatic carbocycles. The molecule has 5 heteroatoms. The maximum Gasteiger partial charge on any atom is 0.253 e. The lowest BCUT2D eigenvalue weighted by Crippen LogP contribution is -2.47. The molecule has 2 rings (SSSR count). The highest BCUT2D eigenvalue weighted by molar-refractivity contribution is 6.33. The average Bonchev–Trinajstić information content (AvgIpc) is 2.23. The number of rotatable bonds is 3. The molecule has 1 fully saturated rings. The number of nitrogens with zero attached hydrogens (tertiary/aromatic N) is 1. The number of carbonyl (C=O) groups is 1. The number of aromatic nitrogens is 1. The highest BCUT2D eigenvalue weighted by Gasteiger charge is 2.30. The quantitative estimate of drug-likeness (QED) is 0.874. The smallest absolute Gasteiger partial charge is 0.253 e. The summed E-state index contributed by atoms with van der Waals surface area (Å²) in [7, 11) is 1.68. The number of carbonyl (C=O) groups excluding carboxylic acids is 1. The molecule has 0 bridgehead atoms. The Labute approximate surface area is 99.0 Å². The van der Waals surface area contributed by atoms with E-state index in [9.17, 15) is 4.79 Å². The Morgan fingerprint density at radius 2 is 2.38 bits per heavy atom. The van der Waals surface area contributed by atoms with Crippen LogP contribution in [0.15, 0.2) is 18.5 Å². The maximum atomic E-state index is 11.8. The van der Waals surface area contributed by atoms with Gasteiger partial charge in [-0.1, -0.05) is 11.6 Å². The highest BCUT2D eigenvalue weighted by atomic mass is 35.5. The van der Waals surface area contributed by atoms with Crippen molar-refractivity contribution in [2.24, 2.45) is 0 Å². The molecule has 0 aliphatic heterocycles. The van der Waals surface area contributed by atoms with Crippen LogP contribution in [0.5, 0.6) is 0 Å². The first-order valence-corrected chi connectivity index (χ1v) is 5.51. The van der Waals surface area contributed by atoms with Gasteiger partial charge >= 0.3 is 0 Å². The van der Waals surface area contributed by atoms with E-state index in [1.807, 2.05) is 0 Å². The third-order valence-electron chi connectivity index (χ3n) is 2.78. The lowest BCUT2D eigenvalue weighted by atomic mass is 9.89. The molecule has 0 spiro atoms. The summed E-state index contributed by atoms with van der Waals surface area (Å²) < 4.78 is 5.14. The molecule has 0 unspecified atom stereocenters. The molecular weight excluding hydrogens is 228 g/mol. The summed E-state index contributed by atoms with van der Waals surface area (Å²) in [4.78, 5) is 15.6. The van der Waals surface area contributed by atoms with Gasteiger partial charge in [0, 0.05) is 25.5 Å². The van der Waals surface area contributed by atoms with Crippen LogP contribution in [0.25, 0.3) is 0 Å². The Bertz CT molecular complexity index is 391. The number of nitrogens with one attached hydrogen (secondary N) is 1. The third-order valence-corrected chi connectivity index (χ3v) is 3.08. The minimum absolute atomic E-state index is 0.146. The van der Waals surface area contributed by atoms with Crippen molar-refractivity contribution < 1.29 is 9.53 Å². The first kappa shape index (κ1) is 11.4. The minimum atomic E-state index is -0.146. The van der Waals surface area contributed by atoms with Crippen LogP contribution < -0.4 is 5.32 Å². The van der Waals surface area contributed by atoms with Gasteiger partial charge in [0.1, 0.15) is 0 Å². The molecular formula is C11H13ClN2O2. The number of amides is 1. The van der Waals surface area contributed by atoms with Gasteiger partial charge in [0.05, 0.1) is 16.7 Å². The van der Waals surface area contributed by atoms with Crippen molar-refractivity contribution in [1.29, 1.82) is 0 Å². The molecule has 1 amide bonds. The molecule has 1 N–H and O–H groups in total. The molecule has 0 radical (unpaired) electrons. The molecule has 86 valence electrons. The molecule has 1 aromatic rings. The molecule has 1 aliphatic carbocycles. The van der Waals surface area contributed by atoms with Gasteiger partial charge < -0.3 is 10.1 Å². The fourth-order valence-corrected chi connectivity index (χ4v) is 1.90. The number of pyridine rings is 1. The summed E-state index contributed by atoms with van der Waals surface area (Å²) in [6.45, 7) is 0. The summed E-state index contributed by atoms with van der Waals surface area (Å²) in [5.74, 6) is -0.146. The van der Waals surface area contributed by atoms with E-state index in [2.05, 4.69) is 10.3 Å². The van der Waals surface area contributed by atoms with E-state index in [4.69, 9.17) is 16.3 Å². The highest BCUT2D eigenvalue weighted by Crippen LogP contribution is 2.23. The predicted molar refractivity (Wildman–Crippen MR) is 60.5 cm³/mol. The second-order valence-electron chi connectivity index (χ2n) is 3.86. The Kier molecular flexibility index (Phi) is 3.41. The van der Waals surface area contributed by atoms with Crippen LogP contribution in [0.4, 0.5) is 0 Å². The van der Waals surface area contributed by atoms with Gasteiger partial charge in [-0.25, -0.2) is 0 Å². The standard InChI is InChI=1S/C11H13ClN2O2/c1-16-8-4-7(5-8)14-11(15)9-2-3-13-6-10(9)12/h2-3,6-8H,4-5H2,1H3,(H,14,15). The average molecular weight is 241 g/mol. The number of hydrogen-bond acceptors (Lipinski definition) is 3. The van der Waals surface area contributed by atoms with Crippen LogP contribution >= 0.6 is 11.6 Å². The third kappa shape index (κ3) is 2.33. The molecule has 1 heterocycles. The van der Waals surface area contributed by atoms with E-state index in [-0.39, 0.29) is 18.1 Å². The summed E-state index contributed by atoms with van der Waals surface area (Å²) in [6, 6.07) is 1.81.